The molecule has 0 aliphatic carbocycles. The molecule has 0 aliphatic heterocycles. The maximum absolute atomic E-state index is 12.6. The smallest absolute Gasteiger partial charge is 0.251 e. The number of benzene rings is 1. The Morgan fingerprint density at radius 1 is 1.32 bits per heavy atom. The van der Waals surface area contributed by atoms with E-state index in [1.807, 2.05) is 69.0 Å². The fraction of sp³-hybridized carbons (Fsp3) is 0.316. The lowest BCUT2D eigenvalue weighted by Gasteiger charge is -2.13. The third kappa shape index (κ3) is 3.79. The summed E-state index contributed by atoms with van der Waals surface area (Å²) in [5.41, 5.74) is 3.57. The highest BCUT2D eigenvalue weighted by molar-refractivity contribution is 7.11. The number of nitrogens with zero attached hydrogens (tertiary/aromatic N) is 3. The summed E-state index contributed by atoms with van der Waals surface area (Å²) in [6.45, 7) is 8.85. The van der Waals surface area contributed by atoms with Crippen molar-refractivity contribution in [3.8, 4) is 11.1 Å². The van der Waals surface area contributed by atoms with Gasteiger partial charge in [0.2, 0.25) is 0 Å². The van der Waals surface area contributed by atoms with Crippen LogP contribution >= 0.6 is 11.3 Å². The molecule has 3 aromatic rings. The third-order valence-electron chi connectivity index (χ3n) is 4.11. The topological polar surface area (TPSA) is 59.8 Å². The molecule has 0 unspecified atom stereocenters. The van der Waals surface area contributed by atoms with E-state index in [1.165, 1.54) is 0 Å². The summed E-state index contributed by atoms with van der Waals surface area (Å²) >= 11 is 1.65. The highest BCUT2D eigenvalue weighted by Gasteiger charge is 2.17. The first-order valence-corrected chi connectivity index (χ1v) is 9.17. The zero-order chi connectivity index (χ0) is 18.0. The van der Waals surface area contributed by atoms with Gasteiger partial charge in [-0.05, 0) is 45.4 Å². The Morgan fingerprint density at radius 3 is 2.76 bits per heavy atom. The van der Waals surface area contributed by atoms with Crippen LogP contribution in [0.3, 0.4) is 0 Å². The summed E-state index contributed by atoms with van der Waals surface area (Å²) in [5, 5.41) is 8.36. The maximum atomic E-state index is 12.6. The van der Waals surface area contributed by atoms with Crippen LogP contribution < -0.4 is 5.32 Å². The van der Waals surface area contributed by atoms with Gasteiger partial charge in [0.15, 0.2) is 0 Å². The van der Waals surface area contributed by atoms with Gasteiger partial charge in [-0.1, -0.05) is 12.1 Å². The van der Waals surface area contributed by atoms with Crippen LogP contribution in [-0.2, 0) is 6.54 Å². The van der Waals surface area contributed by atoms with Gasteiger partial charge in [0.05, 0.1) is 22.9 Å². The van der Waals surface area contributed by atoms with E-state index in [0.717, 1.165) is 33.3 Å². The summed E-state index contributed by atoms with van der Waals surface area (Å²) in [5.74, 6) is -0.0951. The summed E-state index contributed by atoms with van der Waals surface area (Å²) in [6.07, 6.45) is 3.81. The number of carbonyl (C=O) groups excluding carboxylic acids is 1. The minimum atomic E-state index is -0.121. The zero-order valence-corrected chi connectivity index (χ0v) is 15.7. The molecule has 2 heterocycles. The number of aromatic nitrogens is 3. The molecule has 2 aromatic heterocycles. The van der Waals surface area contributed by atoms with E-state index in [9.17, 15) is 4.79 Å². The van der Waals surface area contributed by atoms with Gasteiger partial charge >= 0.3 is 0 Å². The average Bonchev–Trinajstić information content (AvgIpc) is 3.21. The molecule has 0 spiro atoms. The van der Waals surface area contributed by atoms with Crippen molar-refractivity contribution in [2.24, 2.45) is 0 Å². The Bertz CT molecular complexity index is 896. The van der Waals surface area contributed by atoms with Crippen LogP contribution in [0, 0.1) is 13.8 Å². The molecule has 1 aromatic carbocycles. The number of aryl methyl sites for hydroxylation is 3. The van der Waals surface area contributed by atoms with E-state index >= 15 is 0 Å². The first kappa shape index (κ1) is 17.4. The quantitative estimate of drug-likeness (QED) is 0.749. The fourth-order valence-electron chi connectivity index (χ4n) is 2.82. The molecule has 3 rings (SSSR count). The Kier molecular flexibility index (Phi) is 4.99. The van der Waals surface area contributed by atoms with Gasteiger partial charge in [0.1, 0.15) is 0 Å². The van der Waals surface area contributed by atoms with Gasteiger partial charge in [-0.3, -0.25) is 9.48 Å². The molecule has 0 fully saturated rings. The molecule has 0 saturated heterocycles. The zero-order valence-electron chi connectivity index (χ0n) is 14.9. The fourth-order valence-corrected chi connectivity index (χ4v) is 3.73. The second-order valence-corrected chi connectivity index (χ2v) is 7.44. The number of amides is 1. The van der Waals surface area contributed by atoms with Gasteiger partial charge in [0.25, 0.3) is 5.91 Å². The van der Waals surface area contributed by atoms with Crippen LogP contribution in [0.15, 0.2) is 36.7 Å². The molecule has 1 atom stereocenters. The Balaban J connectivity index is 1.78. The summed E-state index contributed by atoms with van der Waals surface area (Å²) < 4.78 is 1.87. The lowest BCUT2D eigenvalue weighted by Crippen LogP contribution is -2.27. The molecular weight excluding hydrogens is 332 g/mol. The number of rotatable bonds is 5. The summed E-state index contributed by atoms with van der Waals surface area (Å²) in [4.78, 5) is 18.3. The largest absolute Gasteiger partial charge is 0.344 e. The minimum Gasteiger partial charge on any atom is -0.344 e. The van der Waals surface area contributed by atoms with E-state index in [2.05, 4.69) is 15.4 Å². The molecule has 1 N–H and O–H groups in total. The highest BCUT2D eigenvalue weighted by atomic mass is 32.1. The van der Waals surface area contributed by atoms with Crippen molar-refractivity contribution in [3.05, 3.63) is 57.8 Å². The summed E-state index contributed by atoms with van der Waals surface area (Å²) in [7, 11) is 0. The highest BCUT2D eigenvalue weighted by Crippen LogP contribution is 2.24. The van der Waals surface area contributed by atoms with Crippen molar-refractivity contribution in [1.82, 2.24) is 20.1 Å². The summed E-state index contributed by atoms with van der Waals surface area (Å²) in [6, 6.07) is 7.50. The van der Waals surface area contributed by atoms with Gasteiger partial charge < -0.3 is 5.32 Å². The Morgan fingerprint density at radius 2 is 2.12 bits per heavy atom. The molecule has 0 aliphatic rings. The second kappa shape index (κ2) is 7.19. The molecule has 0 saturated carbocycles. The van der Waals surface area contributed by atoms with Gasteiger partial charge in [-0.2, -0.15) is 5.10 Å². The third-order valence-corrected chi connectivity index (χ3v) is 5.01. The molecule has 5 nitrogen and oxygen atoms in total. The number of hydrogen-bond acceptors (Lipinski definition) is 4. The molecule has 0 radical (unpaired) electrons. The van der Waals surface area contributed by atoms with Crippen LogP contribution in [0.4, 0.5) is 0 Å². The monoisotopic (exact) mass is 354 g/mol. The SMILES string of the molecule is CCn1cc(-c2cccc(C(=O)N[C@@H](C)c3nc(C)sc3C)c2)cn1. The van der Waals surface area contributed by atoms with E-state index in [4.69, 9.17) is 0 Å². The predicted molar refractivity (Wildman–Crippen MR) is 101 cm³/mol. The van der Waals surface area contributed by atoms with E-state index in [-0.39, 0.29) is 11.9 Å². The van der Waals surface area contributed by atoms with Crippen LogP contribution in [0.25, 0.3) is 11.1 Å². The average molecular weight is 354 g/mol. The first-order chi connectivity index (χ1) is 12.0. The molecule has 25 heavy (non-hydrogen) atoms. The van der Waals surface area contributed by atoms with Crippen molar-refractivity contribution in [1.29, 1.82) is 0 Å². The van der Waals surface area contributed by atoms with Crippen molar-refractivity contribution < 1.29 is 4.79 Å². The molecular formula is C19H22N4OS. The van der Waals surface area contributed by atoms with Crippen LogP contribution in [-0.4, -0.2) is 20.7 Å². The lowest BCUT2D eigenvalue weighted by molar-refractivity contribution is 0.0939. The molecule has 6 heteroatoms. The van der Waals surface area contributed by atoms with E-state index < -0.39 is 0 Å². The van der Waals surface area contributed by atoms with Crippen molar-refractivity contribution in [3.63, 3.8) is 0 Å². The normalized spacial score (nSPS) is 12.2. The maximum Gasteiger partial charge on any atom is 0.251 e. The van der Waals surface area contributed by atoms with Gasteiger partial charge in [0, 0.05) is 28.7 Å². The Hall–Kier alpha value is -2.47. The predicted octanol–water partition coefficient (Wildman–Crippen LogP) is 4.13. The molecule has 130 valence electrons. The number of nitrogens with one attached hydrogen (secondary N) is 1. The van der Waals surface area contributed by atoms with Gasteiger partial charge in [-0.15, -0.1) is 11.3 Å². The minimum absolute atomic E-state index is 0.0951. The van der Waals surface area contributed by atoms with E-state index in [0.29, 0.717) is 5.56 Å². The van der Waals surface area contributed by atoms with Crippen LogP contribution in [0.5, 0.6) is 0 Å². The van der Waals surface area contributed by atoms with Crippen LogP contribution in [0.2, 0.25) is 0 Å². The Labute approximate surface area is 151 Å². The lowest BCUT2D eigenvalue weighted by atomic mass is 10.1. The van der Waals surface area contributed by atoms with Crippen molar-refractivity contribution in [2.75, 3.05) is 0 Å². The molecule has 1 amide bonds. The van der Waals surface area contributed by atoms with Crippen molar-refractivity contribution in [2.45, 2.75) is 40.3 Å². The van der Waals surface area contributed by atoms with Crippen LogP contribution in [0.1, 0.15) is 45.8 Å². The number of hydrogen-bond donors (Lipinski definition) is 1. The van der Waals surface area contributed by atoms with Crippen molar-refractivity contribution >= 4 is 17.2 Å². The second-order valence-electron chi connectivity index (χ2n) is 6.03. The first-order valence-electron chi connectivity index (χ1n) is 8.35. The van der Waals surface area contributed by atoms with Gasteiger partial charge in [-0.25, -0.2) is 4.98 Å². The standard InChI is InChI=1S/C19H22N4OS/c1-5-23-11-17(10-20-23)15-7-6-8-16(9-15)19(24)21-12(2)18-13(3)25-14(4)22-18/h6-12H,5H2,1-4H3,(H,21,24)/t12-/m0/s1. The molecule has 0 bridgehead atoms. The van der Waals surface area contributed by atoms with E-state index in [1.54, 1.807) is 11.3 Å². The number of thiazole rings is 1. The number of carbonyl (C=O) groups is 1.